The summed E-state index contributed by atoms with van der Waals surface area (Å²) in [7, 11) is 3.31. The fraction of sp³-hybridized carbons (Fsp3) is 0.444. The number of hydrogen-bond acceptors (Lipinski definition) is 3. The predicted octanol–water partition coefficient (Wildman–Crippen LogP) is 2.11. The van der Waals surface area contributed by atoms with Gasteiger partial charge in [0.15, 0.2) is 5.11 Å². The molecule has 0 bridgehead atoms. The van der Waals surface area contributed by atoms with Gasteiger partial charge in [-0.25, -0.2) is 0 Å². The van der Waals surface area contributed by atoms with Crippen molar-refractivity contribution in [1.29, 1.82) is 0 Å². The van der Waals surface area contributed by atoms with Crippen molar-refractivity contribution in [2.45, 2.75) is 38.6 Å². The molecule has 1 heterocycles. The molecule has 24 heavy (non-hydrogen) atoms. The Morgan fingerprint density at radius 3 is 2.58 bits per heavy atom. The van der Waals surface area contributed by atoms with Crippen LogP contribution in [-0.4, -0.2) is 25.2 Å². The molecule has 0 aromatic heterocycles. The molecule has 1 atom stereocenters. The van der Waals surface area contributed by atoms with E-state index >= 15 is 0 Å². The molecule has 1 aliphatic heterocycles. The number of allylic oxidation sites excluding steroid dienone is 1. The van der Waals surface area contributed by atoms with Crippen LogP contribution in [0.5, 0.6) is 5.75 Å². The maximum absolute atomic E-state index is 12.4. The van der Waals surface area contributed by atoms with Gasteiger partial charge in [0.1, 0.15) is 5.75 Å². The number of carbonyl (C=O) groups excluding carboxylic acids is 1. The van der Waals surface area contributed by atoms with Gasteiger partial charge >= 0.3 is 0 Å². The molecule has 6 heteroatoms. The van der Waals surface area contributed by atoms with Crippen LogP contribution in [-0.2, 0) is 17.6 Å². The maximum atomic E-state index is 12.4. The summed E-state index contributed by atoms with van der Waals surface area (Å²) >= 11 is 5.31. The molecule has 0 fully saturated rings. The summed E-state index contributed by atoms with van der Waals surface area (Å²) in [6, 6.07) is 3.98. The van der Waals surface area contributed by atoms with E-state index in [1.54, 1.807) is 14.2 Å². The van der Waals surface area contributed by atoms with Gasteiger partial charge in [0.2, 0.25) is 0 Å². The number of rotatable bonds is 3. The molecule has 5 nitrogen and oxygen atoms in total. The van der Waals surface area contributed by atoms with Crippen LogP contribution in [0.4, 0.5) is 0 Å². The SMILES string of the molecule is CNC(=O)C1=C(C)NC(=S)N[C@H]1c1cc2c(cc1OC)CCCC2. The lowest BCUT2D eigenvalue weighted by atomic mass is 9.86. The number of thiocarbonyl (C=S) groups is 1. The molecule has 2 aliphatic rings. The Morgan fingerprint density at radius 2 is 1.96 bits per heavy atom. The molecule has 1 aliphatic carbocycles. The summed E-state index contributed by atoms with van der Waals surface area (Å²) in [6.45, 7) is 1.87. The Kier molecular flexibility index (Phi) is 4.76. The van der Waals surface area contributed by atoms with Gasteiger partial charge in [0.25, 0.3) is 5.91 Å². The molecule has 0 saturated heterocycles. The van der Waals surface area contributed by atoms with Crippen molar-refractivity contribution in [3.63, 3.8) is 0 Å². The first-order chi connectivity index (χ1) is 11.5. The Morgan fingerprint density at radius 1 is 1.29 bits per heavy atom. The number of aryl methyl sites for hydroxylation is 2. The molecule has 0 spiro atoms. The minimum absolute atomic E-state index is 0.125. The van der Waals surface area contributed by atoms with Crippen molar-refractivity contribution >= 4 is 23.2 Å². The fourth-order valence-electron chi connectivity index (χ4n) is 3.55. The summed E-state index contributed by atoms with van der Waals surface area (Å²) in [4.78, 5) is 12.4. The van der Waals surface area contributed by atoms with E-state index in [1.165, 1.54) is 24.0 Å². The van der Waals surface area contributed by atoms with Crippen LogP contribution in [0.1, 0.15) is 42.5 Å². The highest BCUT2D eigenvalue weighted by atomic mass is 32.1. The van der Waals surface area contributed by atoms with Gasteiger partial charge in [-0.2, -0.15) is 0 Å². The van der Waals surface area contributed by atoms with E-state index in [9.17, 15) is 4.79 Å². The highest BCUT2D eigenvalue weighted by Crippen LogP contribution is 2.37. The summed E-state index contributed by atoms with van der Waals surface area (Å²) < 4.78 is 5.64. The van der Waals surface area contributed by atoms with Crippen LogP contribution in [0, 0.1) is 0 Å². The smallest absolute Gasteiger partial charge is 0.251 e. The molecule has 0 radical (unpaired) electrons. The van der Waals surface area contributed by atoms with Gasteiger partial charge in [-0.1, -0.05) is 0 Å². The van der Waals surface area contributed by atoms with E-state index in [-0.39, 0.29) is 11.9 Å². The zero-order valence-corrected chi connectivity index (χ0v) is 15.1. The highest BCUT2D eigenvalue weighted by molar-refractivity contribution is 7.80. The lowest BCUT2D eigenvalue weighted by Gasteiger charge is -2.32. The Bertz CT molecular complexity index is 727. The van der Waals surface area contributed by atoms with Gasteiger partial charge in [-0.3, -0.25) is 4.79 Å². The number of benzene rings is 1. The molecule has 1 amide bonds. The average Bonchev–Trinajstić information content (AvgIpc) is 2.59. The second-order valence-corrected chi connectivity index (χ2v) is 6.63. The van der Waals surface area contributed by atoms with E-state index in [1.807, 2.05) is 6.92 Å². The monoisotopic (exact) mass is 345 g/mol. The van der Waals surface area contributed by atoms with Crippen LogP contribution in [0.3, 0.4) is 0 Å². The van der Waals surface area contributed by atoms with Crippen LogP contribution >= 0.6 is 12.2 Å². The van der Waals surface area contributed by atoms with Gasteiger partial charge < -0.3 is 20.7 Å². The van der Waals surface area contributed by atoms with Crippen molar-refractivity contribution in [3.8, 4) is 5.75 Å². The Balaban J connectivity index is 2.13. The largest absolute Gasteiger partial charge is 0.496 e. The number of likely N-dealkylation sites (N-methyl/N-ethyl adjacent to an activating group) is 1. The van der Waals surface area contributed by atoms with E-state index in [4.69, 9.17) is 17.0 Å². The quantitative estimate of drug-likeness (QED) is 0.733. The van der Waals surface area contributed by atoms with Crippen LogP contribution in [0.25, 0.3) is 0 Å². The van der Waals surface area contributed by atoms with E-state index < -0.39 is 0 Å². The molecule has 3 rings (SSSR count). The van der Waals surface area contributed by atoms with Crippen molar-refractivity contribution in [1.82, 2.24) is 16.0 Å². The first-order valence-corrected chi connectivity index (χ1v) is 8.66. The predicted molar refractivity (Wildman–Crippen MR) is 98.0 cm³/mol. The van der Waals surface area contributed by atoms with Crippen molar-refractivity contribution < 1.29 is 9.53 Å². The summed E-state index contributed by atoms with van der Waals surface area (Å²) in [5.74, 6) is 0.673. The molecule has 0 saturated carbocycles. The third kappa shape index (κ3) is 2.98. The van der Waals surface area contributed by atoms with E-state index in [0.717, 1.165) is 29.9 Å². The molecule has 128 valence electrons. The topological polar surface area (TPSA) is 62.4 Å². The number of nitrogens with one attached hydrogen (secondary N) is 3. The zero-order valence-electron chi connectivity index (χ0n) is 14.3. The number of fused-ring (bicyclic) bond motifs is 1. The Labute approximate surface area is 147 Å². The van der Waals surface area contributed by atoms with E-state index in [0.29, 0.717) is 10.7 Å². The number of methoxy groups -OCH3 is 1. The summed E-state index contributed by atoms with van der Waals surface area (Å²) in [5, 5.41) is 9.51. The van der Waals surface area contributed by atoms with Gasteiger partial charge in [-0.15, -0.1) is 0 Å². The lowest BCUT2D eigenvalue weighted by Crippen LogP contribution is -2.46. The second-order valence-electron chi connectivity index (χ2n) is 6.22. The number of carbonyl (C=O) groups is 1. The lowest BCUT2D eigenvalue weighted by molar-refractivity contribution is -0.117. The van der Waals surface area contributed by atoms with E-state index in [2.05, 4.69) is 28.1 Å². The van der Waals surface area contributed by atoms with Crippen molar-refractivity contribution in [2.75, 3.05) is 14.2 Å². The molecule has 3 N–H and O–H groups in total. The van der Waals surface area contributed by atoms with Crippen LogP contribution < -0.4 is 20.7 Å². The minimum Gasteiger partial charge on any atom is -0.496 e. The standard InChI is InChI=1S/C18H23N3O2S/c1-10-15(17(22)19-2)16(21-18(24)20-10)13-8-11-6-4-5-7-12(11)9-14(13)23-3/h8-9,16H,4-7H2,1-3H3,(H,19,22)(H2,20,21,24)/t16-/m0/s1. The van der Waals surface area contributed by atoms with Crippen LogP contribution in [0.2, 0.25) is 0 Å². The zero-order chi connectivity index (χ0) is 17.3. The minimum atomic E-state index is -0.319. The Hall–Kier alpha value is -2.08. The van der Waals surface area contributed by atoms with Gasteiger partial charge in [-0.05, 0) is 68.1 Å². The van der Waals surface area contributed by atoms with Gasteiger partial charge in [0, 0.05) is 18.3 Å². The first-order valence-electron chi connectivity index (χ1n) is 8.25. The molecular weight excluding hydrogens is 322 g/mol. The van der Waals surface area contributed by atoms with Crippen molar-refractivity contribution in [2.24, 2.45) is 0 Å². The third-order valence-corrected chi connectivity index (χ3v) is 4.97. The normalized spacial score (nSPS) is 20.0. The maximum Gasteiger partial charge on any atom is 0.251 e. The average molecular weight is 345 g/mol. The third-order valence-electron chi connectivity index (χ3n) is 4.75. The number of ether oxygens (including phenoxy) is 1. The molecule has 1 aromatic rings. The number of hydrogen-bond donors (Lipinski definition) is 3. The fourth-order valence-corrected chi connectivity index (χ4v) is 3.82. The van der Waals surface area contributed by atoms with Crippen LogP contribution in [0.15, 0.2) is 23.4 Å². The van der Waals surface area contributed by atoms with Gasteiger partial charge in [0.05, 0.1) is 18.7 Å². The van der Waals surface area contributed by atoms with Crippen molar-refractivity contribution in [3.05, 3.63) is 40.1 Å². The highest BCUT2D eigenvalue weighted by Gasteiger charge is 2.32. The first kappa shape index (κ1) is 16.8. The number of amides is 1. The molecular formula is C18H23N3O2S. The summed E-state index contributed by atoms with van der Waals surface area (Å²) in [6.07, 6.45) is 4.57. The molecule has 1 aromatic carbocycles. The summed E-state index contributed by atoms with van der Waals surface area (Å²) in [5.41, 5.74) is 5.06. The second kappa shape index (κ2) is 6.81. The molecule has 0 unspecified atom stereocenters.